The summed E-state index contributed by atoms with van der Waals surface area (Å²) in [5, 5.41) is 0. The number of anilines is 1. The molecule has 3 heterocycles. The lowest BCUT2D eigenvalue weighted by molar-refractivity contribution is 0.0302. The molecular formula is C11H16N4O. The first-order chi connectivity index (χ1) is 7.85. The third-order valence-electron chi connectivity index (χ3n) is 3.25. The summed E-state index contributed by atoms with van der Waals surface area (Å²) < 4.78 is 5.79. The highest BCUT2D eigenvalue weighted by Gasteiger charge is 2.34. The minimum atomic E-state index is 0.377. The molecule has 0 aliphatic carbocycles. The van der Waals surface area contributed by atoms with Gasteiger partial charge in [0.2, 0.25) is 0 Å². The van der Waals surface area contributed by atoms with Crippen molar-refractivity contribution in [1.82, 2.24) is 9.97 Å². The van der Waals surface area contributed by atoms with Crippen molar-refractivity contribution in [2.24, 2.45) is 5.73 Å². The van der Waals surface area contributed by atoms with Gasteiger partial charge >= 0.3 is 0 Å². The van der Waals surface area contributed by atoms with Crippen LogP contribution in [0.2, 0.25) is 0 Å². The van der Waals surface area contributed by atoms with Gasteiger partial charge in [-0.15, -0.1) is 0 Å². The molecule has 2 fully saturated rings. The fraction of sp³-hybridized carbons (Fsp3) is 0.636. The Bertz CT molecular complexity index is 372. The van der Waals surface area contributed by atoms with Crippen LogP contribution in [-0.2, 0) is 11.3 Å². The molecule has 5 heteroatoms. The summed E-state index contributed by atoms with van der Waals surface area (Å²) >= 11 is 0. The zero-order chi connectivity index (χ0) is 11.0. The summed E-state index contributed by atoms with van der Waals surface area (Å²) in [7, 11) is 0. The zero-order valence-corrected chi connectivity index (χ0v) is 9.17. The molecule has 16 heavy (non-hydrogen) atoms. The van der Waals surface area contributed by atoms with Crippen LogP contribution >= 0.6 is 0 Å². The minimum absolute atomic E-state index is 0.377. The number of morpholine rings is 1. The van der Waals surface area contributed by atoms with Crippen molar-refractivity contribution in [2.45, 2.75) is 31.6 Å². The molecule has 86 valence electrons. The Morgan fingerprint density at radius 1 is 1.31 bits per heavy atom. The second-order valence-electron chi connectivity index (χ2n) is 4.44. The molecule has 2 N–H and O–H groups in total. The van der Waals surface area contributed by atoms with E-state index in [4.69, 9.17) is 10.5 Å². The van der Waals surface area contributed by atoms with E-state index in [1.165, 1.54) is 12.8 Å². The zero-order valence-electron chi connectivity index (χ0n) is 9.17. The van der Waals surface area contributed by atoms with Crippen LogP contribution in [0.4, 0.5) is 5.82 Å². The molecule has 3 rings (SSSR count). The number of hydrogen-bond acceptors (Lipinski definition) is 5. The predicted molar refractivity (Wildman–Crippen MR) is 60.0 cm³/mol. The molecule has 0 amide bonds. The van der Waals surface area contributed by atoms with Gasteiger partial charge in [0, 0.05) is 25.8 Å². The first-order valence-electron chi connectivity index (χ1n) is 5.76. The average Bonchev–Trinajstić information content (AvgIpc) is 2.68. The van der Waals surface area contributed by atoms with E-state index in [2.05, 4.69) is 14.9 Å². The highest BCUT2D eigenvalue weighted by molar-refractivity contribution is 5.38. The van der Waals surface area contributed by atoms with Crippen LogP contribution < -0.4 is 10.6 Å². The number of rotatable bonds is 2. The van der Waals surface area contributed by atoms with Gasteiger partial charge in [0.25, 0.3) is 0 Å². The largest absolute Gasteiger partial charge is 0.371 e. The van der Waals surface area contributed by atoms with Crippen LogP contribution in [-0.4, -0.2) is 35.3 Å². The fourth-order valence-corrected chi connectivity index (χ4v) is 2.45. The van der Waals surface area contributed by atoms with E-state index in [-0.39, 0.29) is 0 Å². The van der Waals surface area contributed by atoms with E-state index in [1.807, 2.05) is 6.20 Å². The molecule has 2 aliphatic rings. The van der Waals surface area contributed by atoms with Gasteiger partial charge in [-0.3, -0.25) is 4.98 Å². The lowest BCUT2D eigenvalue weighted by Crippen LogP contribution is -2.43. The van der Waals surface area contributed by atoms with Crippen molar-refractivity contribution in [1.29, 1.82) is 0 Å². The van der Waals surface area contributed by atoms with Crippen LogP contribution in [0.25, 0.3) is 0 Å². The first kappa shape index (κ1) is 9.99. The van der Waals surface area contributed by atoms with E-state index in [0.29, 0.717) is 18.8 Å². The number of ether oxygens (including phenoxy) is 1. The first-order valence-corrected chi connectivity index (χ1v) is 5.76. The van der Waals surface area contributed by atoms with E-state index < -0.39 is 0 Å². The number of hydrogen-bond donors (Lipinski definition) is 1. The SMILES string of the molecule is NCc1cncc(N2CC3CCC(C2)O3)n1. The van der Waals surface area contributed by atoms with Gasteiger partial charge in [-0.2, -0.15) is 0 Å². The number of nitrogens with two attached hydrogens (primary N) is 1. The van der Waals surface area contributed by atoms with Gasteiger partial charge < -0.3 is 15.4 Å². The molecule has 0 saturated carbocycles. The predicted octanol–water partition coefficient (Wildman–Crippen LogP) is 0.303. The molecular weight excluding hydrogens is 204 g/mol. The molecule has 2 atom stereocenters. The lowest BCUT2D eigenvalue weighted by Gasteiger charge is -2.32. The lowest BCUT2D eigenvalue weighted by atomic mass is 10.2. The summed E-state index contributed by atoms with van der Waals surface area (Å²) in [6.45, 7) is 2.30. The highest BCUT2D eigenvalue weighted by Crippen LogP contribution is 2.28. The van der Waals surface area contributed by atoms with Crippen LogP contribution in [0.5, 0.6) is 0 Å². The summed E-state index contributed by atoms with van der Waals surface area (Å²) in [6.07, 6.45) is 6.63. The summed E-state index contributed by atoms with van der Waals surface area (Å²) in [5.74, 6) is 0.933. The Kier molecular flexibility index (Phi) is 2.49. The van der Waals surface area contributed by atoms with Crippen LogP contribution in [0.1, 0.15) is 18.5 Å². The van der Waals surface area contributed by atoms with E-state index in [1.54, 1.807) is 6.20 Å². The molecule has 2 saturated heterocycles. The quantitative estimate of drug-likeness (QED) is 0.776. The summed E-state index contributed by atoms with van der Waals surface area (Å²) in [6, 6.07) is 0. The summed E-state index contributed by atoms with van der Waals surface area (Å²) in [5.41, 5.74) is 6.41. The molecule has 2 bridgehead atoms. The molecule has 1 aromatic rings. The number of nitrogens with zero attached hydrogens (tertiary/aromatic N) is 3. The maximum Gasteiger partial charge on any atom is 0.147 e. The normalized spacial score (nSPS) is 28.4. The average molecular weight is 220 g/mol. The van der Waals surface area contributed by atoms with Gasteiger partial charge in [0.15, 0.2) is 0 Å². The van der Waals surface area contributed by atoms with Crippen molar-refractivity contribution in [3.8, 4) is 0 Å². The van der Waals surface area contributed by atoms with Crippen molar-refractivity contribution in [3.63, 3.8) is 0 Å². The van der Waals surface area contributed by atoms with E-state index in [9.17, 15) is 0 Å². The monoisotopic (exact) mass is 220 g/mol. The molecule has 2 unspecified atom stereocenters. The fourth-order valence-electron chi connectivity index (χ4n) is 2.45. The standard InChI is InChI=1S/C11H16N4O/c12-3-8-4-13-5-11(14-8)15-6-9-1-2-10(7-15)16-9/h4-5,9-10H,1-3,6-7,12H2. The van der Waals surface area contributed by atoms with Crippen molar-refractivity contribution in [3.05, 3.63) is 18.1 Å². The molecule has 2 aliphatic heterocycles. The second-order valence-corrected chi connectivity index (χ2v) is 4.44. The van der Waals surface area contributed by atoms with Gasteiger partial charge in [0.1, 0.15) is 5.82 Å². The second kappa shape index (κ2) is 3.99. The number of aromatic nitrogens is 2. The third kappa shape index (κ3) is 1.76. The van der Waals surface area contributed by atoms with Gasteiger partial charge in [-0.05, 0) is 12.8 Å². The maximum absolute atomic E-state index is 5.79. The molecule has 5 nitrogen and oxygen atoms in total. The molecule has 1 aromatic heterocycles. The van der Waals surface area contributed by atoms with Crippen molar-refractivity contribution >= 4 is 5.82 Å². The molecule has 0 spiro atoms. The van der Waals surface area contributed by atoms with Gasteiger partial charge in [-0.1, -0.05) is 0 Å². The smallest absolute Gasteiger partial charge is 0.147 e. The number of fused-ring (bicyclic) bond motifs is 2. The van der Waals surface area contributed by atoms with Crippen molar-refractivity contribution in [2.75, 3.05) is 18.0 Å². The van der Waals surface area contributed by atoms with Crippen LogP contribution in [0.15, 0.2) is 12.4 Å². The molecule has 0 radical (unpaired) electrons. The van der Waals surface area contributed by atoms with Crippen LogP contribution in [0.3, 0.4) is 0 Å². The Morgan fingerprint density at radius 3 is 2.75 bits per heavy atom. The van der Waals surface area contributed by atoms with Crippen molar-refractivity contribution < 1.29 is 4.74 Å². The van der Waals surface area contributed by atoms with Gasteiger partial charge in [-0.25, -0.2) is 4.98 Å². The Hall–Kier alpha value is -1.20. The Balaban J connectivity index is 1.81. The third-order valence-corrected chi connectivity index (χ3v) is 3.25. The highest BCUT2D eigenvalue weighted by atomic mass is 16.5. The Morgan fingerprint density at radius 2 is 2.06 bits per heavy atom. The van der Waals surface area contributed by atoms with E-state index >= 15 is 0 Å². The van der Waals surface area contributed by atoms with Gasteiger partial charge in [0.05, 0.1) is 24.1 Å². The topological polar surface area (TPSA) is 64.3 Å². The maximum atomic E-state index is 5.79. The van der Waals surface area contributed by atoms with E-state index in [0.717, 1.165) is 24.6 Å². The molecule has 0 aromatic carbocycles. The Labute approximate surface area is 94.6 Å². The minimum Gasteiger partial charge on any atom is -0.371 e. The summed E-state index contributed by atoms with van der Waals surface area (Å²) in [4.78, 5) is 10.9. The van der Waals surface area contributed by atoms with Crippen LogP contribution in [0, 0.1) is 0 Å².